The second-order valence-electron chi connectivity index (χ2n) is 4.49. The average Bonchev–Trinajstić information content (AvgIpc) is 3.16. The van der Waals surface area contributed by atoms with Crippen molar-refractivity contribution in [1.29, 1.82) is 0 Å². The topological polar surface area (TPSA) is 80.0 Å². The lowest BCUT2D eigenvalue weighted by atomic mass is 10.2. The monoisotopic (exact) mass is 312 g/mol. The highest BCUT2D eigenvalue weighted by Crippen LogP contribution is 2.22. The minimum atomic E-state index is -0.345. The molecular formula is C12H13ClN4O2S. The maximum Gasteiger partial charge on any atom is 0.292 e. The number of carbonyl (C=O) groups is 1. The second kappa shape index (κ2) is 5.90. The summed E-state index contributed by atoms with van der Waals surface area (Å²) in [5, 5.41) is 9.70. The number of nitrogens with one attached hydrogen (secondary N) is 2. The van der Waals surface area contributed by atoms with Crippen LogP contribution >= 0.6 is 22.9 Å². The number of aromatic nitrogens is 2. The SMILES string of the molecule is O=C(NCc1ccc(Cl)s1)c1noc(C2CCCN2)n1. The van der Waals surface area contributed by atoms with Gasteiger partial charge in [0.15, 0.2) is 0 Å². The van der Waals surface area contributed by atoms with Gasteiger partial charge in [-0.25, -0.2) is 0 Å². The third-order valence-corrected chi connectivity index (χ3v) is 4.29. The van der Waals surface area contributed by atoms with Crippen molar-refractivity contribution in [2.45, 2.75) is 25.4 Å². The second-order valence-corrected chi connectivity index (χ2v) is 6.29. The maximum absolute atomic E-state index is 11.9. The van der Waals surface area contributed by atoms with E-state index >= 15 is 0 Å². The molecule has 1 atom stereocenters. The molecule has 1 fully saturated rings. The predicted molar refractivity (Wildman–Crippen MR) is 74.8 cm³/mol. The number of hydrogen-bond acceptors (Lipinski definition) is 6. The number of thiophene rings is 1. The molecule has 2 aromatic heterocycles. The summed E-state index contributed by atoms with van der Waals surface area (Å²) in [4.78, 5) is 17.0. The van der Waals surface area contributed by atoms with Gasteiger partial charge < -0.3 is 15.2 Å². The van der Waals surface area contributed by atoms with Crippen LogP contribution in [0.1, 0.15) is 40.3 Å². The van der Waals surface area contributed by atoms with E-state index in [2.05, 4.69) is 20.8 Å². The van der Waals surface area contributed by atoms with E-state index in [1.54, 1.807) is 6.07 Å². The Bertz CT molecular complexity index is 606. The zero-order valence-electron chi connectivity index (χ0n) is 10.6. The summed E-state index contributed by atoms with van der Waals surface area (Å²) >= 11 is 7.25. The van der Waals surface area contributed by atoms with Crippen LogP contribution in [0.5, 0.6) is 0 Å². The zero-order chi connectivity index (χ0) is 13.9. The molecule has 1 saturated heterocycles. The Morgan fingerprint density at radius 3 is 3.20 bits per heavy atom. The maximum atomic E-state index is 11.9. The first-order valence-electron chi connectivity index (χ1n) is 6.32. The lowest BCUT2D eigenvalue weighted by Crippen LogP contribution is -2.23. The van der Waals surface area contributed by atoms with E-state index in [-0.39, 0.29) is 17.8 Å². The van der Waals surface area contributed by atoms with Crippen molar-refractivity contribution in [2.24, 2.45) is 0 Å². The molecule has 0 saturated carbocycles. The van der Waals surface area contributed by atoms with Crippen molar-refractivity contribution in [3.8, 4) is 0 Å². The summed E-state index contributed by atoms with van der Waals surface area (Å²) < 4.78 is 5.82. The molecule has 0 aromatic carbocycles. The minimum Gasteiger partial charge on any atom is -0.344 e. The van der Waals surface area contributed by atoms with Gasteiger partial charge in [-0.1, -0.05) is 16.8 Å². The van der Waals surface area contributed by atoms with Crippen molar-refractivity contribution in [3.63, 3.8) is 0 Å². The van der Waals surface area contributed by atoms with Gasteiger partial charge in [-0.3, -0.25) is 4.79 Å². The van der Waals surface area contributed by atoms with Crippen LogP contribution < -0.4 is 10.6 Å². The molecule has 0 radical (unpaired) electrons. The van der Waals surface area contributed by atoms with Gasteiger partial charge in [0.25, 0.3) is 11.7 Å². The van der Waals surface area contributed by atoms with Crippen molar-refractivity contribution in [1.82, 2.24) is 20.8 Å². The third-order valence-electron chi connectivity index (χ3n) is 3.06. The largest absolute Gasteiger partial charge is 0.344 e. The molecule has 1 unspecified atom stereocenters. The van der Waals surface area contributed by atoms with E-state index in [9.17, 15) is 4.79 Å². The Kier molecular flexibility index (Phi) is 4.00. The molecule has 8 heteroatoms. The van der Waals surface area contributed by atoms with Gasteiger partial charge in [0, 0.05) is 4.88 Å². The molecule has 1 aliphatic rings. The summed E-state index contributed by atoms with van der Waals surface area (Å²) in [5.41, 5.74) is 0. The molecule has 1 aliphatic heterocycles. The average molecular weight is 313 g/mol. The first-order valence-corrected chi connectivity index (χ1v) is 7.51. The van der Waals surface area contributed by atoms with Crippen LogP contribution in [0.15, 0.2) is 16.7 Å². The standard InChI is InChI=1S/C12H13ClN4O2S/c13-9-4-3-7(20-9)6-15-11(18)10-16-12(19-17-10)8-2-1-5-14-8/h3-4,8,14H,1-2,5-6H2,(H,15,18). The Labute approximate surface area is 124 Å². The van der Waals surface area contributed by atoms with Crippen molar-refractivity contribution < 1.29 is 9.32 Å². The molecule has 0 aliphatic carbocycles. The highest BCUT2D eigenvalue weighted by molar-refractivity contribution is 7.16. The summed E-state index contributed by atoms with van der Waals surface area (Å²) in [6.45, 7) is 1.34. The first-order chi connectivity index (χ1) is 9.72. The molecule has 2 N–H and O–H groups in total. The molecule has 0 spiro atoms. The number of rotatable bonds is 4. The van der Waals surface area contributed by atoms with Gasteiger partial charge >= 0.3 is 0 Å². The Morgan fingerprint density at radius 1 is 1.60 bits per heavy atom. The zero-order valence-corrected chi connectivity index (χ0v) is 12.1. The van der Waals surface area contributed by atoms with Gasteiger partial charge in [-0.15, -0.1) is 11.3 Å². The highest BCUT2D eigenvalue weighted by Gasteiger charge is 2.24. The highest BCUT2D eigenvalue weighted by atomic mass is 35.5. The predicted octanol–water partition coefficient (Wildman–Crippen LogP) is 2.14. The van der Waals surface area contributed by atoms with Gasteiger partial charge in [0.1, 0.15) is 0 Å². The molecule has 6 nitrogen and oxygen atoms in total. The molecule has 0 bridgehead atoms. The van der Waals surface area contributed by atoms with Crippen LogP contribution in [0.25, 0.3) is 0 Å². The molecule has 3 heterocycles. The fourth-order valence-corrected chi connectivity index (χ4v) is 3.08. The lowest BCUT2D eigenvalue weighted by molar-refractivity contribution is 0.0938. The summed E-state index contributed by atoms with van der Waals surface area (Å²) in [6, 6.07) is 3.74. The van der Waals surface area contributed by atoms with Gasteiger partial charge in [-0.05, 0) is 31.5 Å². The molecule has 2 aromatic rings. The third kappa shape index (κ3) is 3.00. The van der Waals surface area contributed by atoms with Gasteiger partial charge in [0.05, 0.1) is 16.9 Å². The molecule has 20 heavy (non-hydrogen) atoms. The quantitative estimate of drug-likeness (QED) is 0.904. The Morgan fingerprint density at radius 2 is 2.50 bits per heavy atom. The van der Waals surface area contributed by atoms with Crippen molar-refractivity contribution >= 4 is 28.8 Å². The Balaban J connectivity index is 1.59. The normalized spacial score (nSPS) is 18.4. The number of amides is 1. The van der Waals surface area contributed by atoms with Crippen LogP contribution in [0.4, 0.5) is 0 Å². The number of halogens is 1. The smallest absolute Gasteiger partial charge is 0.292 e. The van der Waals surface area contributed by atoms with E-state index < -0.39 is 0 Å². The van der Waals surface area contributed by atoms with E-state index in [0.717, 1.165) is 24.3 Å². The van der Waals surface area contributed by atoms with Crippen LogP contribution in [0, 0.1) is 0 Å². The van der Waals surface area contributed by atoms with Crippen LogP contribution in [0.3, 0.4) is 0 Å². The van der Waals surface area contributed by atoms with Crippen LogP contribution in [-0.4, -0.2) is 22.6 Å². The fourth-order valence-electron chi connectivity index (χ4n) is 2.06. The number of nitrogens with zero attached hydrogens (tertiary/aromatic N) is 2. The van der Waals surface area contributed by atoms with E-state index in [4.69, 9.17) is 16.1 Å². The summed E-state index contributed by atoms with van der Waals surface area (Å²) in [6.07, 6.45) is 2.03. The van der Waals surface area contributed by atoms with E-state index in [1.165, 1.54) is 11.3 Å². The first kappa shape index (κ1) is 13.5. The number of carbonyl (C=O) groups excluding carboxylic acids is 1. The summed E-state index contributed by atoms with van der Waals surface area (Å²) in [5.74, 6) is 0.200. The fraction of sp³-hybridized carbons (Fsp3) is 0.417. The van der Waals surface area contributed by atoms with Gasteiger partial charge in [0.2, 0.25) is 5.89 Å². The molecule has 106 valence electrons. The minimum absolute atomic E-state index is 0.0661. The summed E-state index contributed by atoms with van der Waals surface area (Å²) in [7, 11) is 0. The number of hydrogen-bond donors (Lipinski definition) is 2. The van der Waals surface area contributed by atoms with E-state index in [0.29, 0.717) is 16.8 Å². The van der Waals surface area contributed by atoms with Crippen molar-refractivity contribution in [3.05, 3.63) is 33.1 Å². The van der Waals surface area contributed by atoms with Gasteiger partial charge in [-0.2, -0.15) is 4.98 Å². The lowest BCUT2D eigenvalue weighted by Gasteiger charge is -2.01. The van der Waals surface area contributed by atoms with Crippen LogP contribution in [-0.2, 0) is 6.54 Å². The molecule has 1 amide bonds. The van der Waals surface area contributed by atoms with E-state index in [1.807, 2.05) is 6.07 Å². The molecular weight excluding hydrogens is 300 g/mol. The van der Waals surface area contributed by atoms with Crippen molar-refractivity contribution in [2.75, 3.05) is 6.54 Å². The van der Waals surface area contributed by atoms with Crippen LogP contribution in [0.2, 0.25) is 4.34 Å². The Hall–Kier alpha value is -1.44. The molecule has 3 rings (SSSR count).